The predicted molar refractivity (Wildman–Crippen MR) is 101 cm³/mol. The molecule has 0 amide bonds. The first-order valence-corrected chi connectivity index (χ1v) is 8.75. The fourth-order valence-electron chi connectivity index (χ4n) is 2.67. The number of nitriles is 1. The Kier molecular flexibility index (Phi) is 4.11. The van der Waals surface area contributed by atoms with Crippen LogP contribution in [0.3, 0.4) is 0 Å². The zero-order valence-corrected chi connectivity index (χ0v) is 14.1. The first-order valence-electron chi connectivity index (χ1n) is 7.87. The van der Waals surface area contributed by atoms with Crippen LogP contribution >= 0.6 is 11.3 Å². The van der Waals surface area contributed by atoms with Gasteiger partial charge < -0.3 is 5.32 Å². The topological polar surface area (TPSA) is 61.6 Å². The normalized spacial score (nSPS) is 10.5. The number of hydrogen-bond acceptors (Lipinski definition) is 5. The molecule has 5 heteroatoms. The number of anilines is 1. The molecule has 2 heterocycles. The molecule has 120 valence electrons. The van der Waals surface area contributed by atoms with Crippen LogP contribution in [0.1, 0.15) is 11.4 Å². The van der Waals surface area contributed by atoms with Gasteiger partial charge in [-0.3, -0.25) is 0 Å². The number of pyridine rings is 1. The second kappa shape index (κ2) is 6.71. The van der Waals surface area contributed by atoms with Crippen molar-refractivity contribution < 1.29 is 0 Å². The van der Waals surface area contributed by atoms with Crippen LogP contribution in [-0.2, 0) is 6.54 Å². The van der Waals surface area contributed by atoms with E-state index >= 15 is 0 Å². The third kappa shape index (κ3) is 3.21. The Morgan fingerprint density at radius 2 is 1.80 bits per heavy atom. The van der Waals surface area contributed by atoms with Gasteiger partial charge in [0.2, 0.25) is 0 Å². The largest absolute Gasteiger partial charge is 0.379 e. The number of nitrogens with one attached hydrogen (secondary N) is 1. The molecular weight excluding hydrogens is 328 g/mol. The highest BCUT2D eigenvalue weighted by Crippen LogP contribution is 2.26. The van der Waals surface area contributed by atoms with Crippen LogP contribution in [0.25, 0.3) is 21.5 Å². The van der Waals surface area contributed by atoms with Crippen LogP contribution < -0.4 is 5.32 Å². The van der Waals surface area contributed by atoms with Gasteiger partial charge in [0.15, 0.2) is 0 Å². The molecule has 0 aliphatic carbocycles. The highest BCUT2D eigenvalue weighted by molar-refractivity contribution is 7.13. The monoisotopic (exact) mass is 342 g/mol. The van der Waals surface area contributed by atoms with Crippen molar-refractivity contribution in [2.24, 2.45) is 0 Å². The van der Waals surface area contributed by atoms with Crippen molar-refractivity contribution in [1.82, 2.24) is 9.97 Å². The fraction of sp³-hybridized carbons (Fsp3) is 0.0500. The maximum absolute atomic E-state index is 9.19. The Morgan fingerprint density at radius 3 is 2.64 bits per heavy atom. The standard InChI is InChI=1S/C20H14N4S/c21-11-15-10-19(17-8-4-5-9-18(17)23-15)22-12-16-13-25-20(24-16)14-6-2-1-3-7-14/h1-10,13H,12H2,(H,22,23). The summed E-state index contributed by atoms with van der Waals surface area (Å²) in [6.07, 6.45) is 0. The van der Waals surface area contributed by atoms with Gasteiger partial charge >= 0.3 is 0 Å². The summed E-state index contributed by atoms with van der Waals surface area (Å²) in [5, 5.41) is 16.7. The molecule has 0 atom stereocenters. The van der Waals surface area contributed by atoms with Crippen molar-refractivity contribution in [1.29, 1.82) is 5.26 Å². The number of aromatic nitrogens is 2. The summed E-state index contributed by atoms with van der Waals surface area (Å²) in [5.74, 6) is 0. The average molecular weight is 342 g/mol. The number of fused-ring (bicyclic) bond motifs is 1. The molecule has 0 aliphatic rings. The molecule has 4 aromatic rings. The average Bonchev–Trinajstić information content (AvgIpc) is 3.15. The molecule has 1 N–H and O–H groups in total. The van der Waals surface area contributed by atoms with E-state index in [2.05, 4.69) is 33.9 Å². The lowest BCUT2D eigenvalue weighted by Crippen LogP contribution is -2.01. The molecule has 0 fully saturated rings. The summed E-state index contributed by atoms with van der Waals surface area (Å²) in [7, 11) is 0. The molecule has 25 heavy (non-hydrogen) atoms. The molecule has 4 rings (SSSR count). The minimum absolute atomic E-state index is 0.407. The zero-order chi connectivity index (χ0) is 17.1. The van der Waals surface area contributed by atoms with Crippen LogP contribution in [0, 0.1) is 11.3 Å². The summed E-state index contributed by atoms with van der Waals surface area (Å²) in [6.45, 7) is 0.599. The molecule has 0 aliphatic heterocycles. The first kappa shape index (κ1) is 15.3. The molecule has 0 unspecified atom stereocenters. The minimum atomic E-state index is 0.407. The van der Waals surface area contributed by atoms with Crippen molar-refractivity contribution in [3.63, 3.8) is 0 Å². The van der Waals surface area contributed by atoms with E-state index in [-0.39, 0.29) is 0 Å². The number of thiazole rings is 1. The van der Waals surface area contributed by atoms with Gasteiger partial charge in [0.25, 0.3) is 0 Å². The second-order valence-electron chi connectivity index (χ2n) is 5.55. The molecule has 0 radical (unpaired) electrons. The SMILES string of the molecule is N#Cc1cc(NCc2csc(-c3ccccc3)n2)c2ccccc2n1. The highest BCUT2D eigenvalue weighted by Gasteiger charge is 2.07. The Labute approximate surface area is 149 Å². The van der Waals surface area contributed by atoms with Gasteiger partial charge in [-0.2, -0.15) is 5.26 Å². The van der Waals surface area contributed by atoms with Gasteiger partial charge in [-0.25, -0.2) is 9.97 Å². The van der Waals surface area contributed by atoms with E-state index in [0.717, 1.165) is 32.9 Å². The number of para-hydroxylation sites is 1. The summed E-state index contributed by atoms with van der Waals surface area (Å²) in [6, 6.07) is 21.9. The predicted octanol–water partition coefficient (Wildman–Crippen LogP) is 4.84. The van der Waals surface area contributed by atoms with Gasteiger partial charge in [0, 0.05) is 22.0 Å². The Balaban J connectivity index is 1.59. The maximum Gasteiger partial charge on any atom is 0.143 e. The van der Waals surface area contributed by atoms with Crippen LogP contribution in [0.2, 0.25) is 0 Å². The van der Waals surface area contributed by atoms with Crippen molar-refractivity contribution in [2.75, 3.05) is 5.32 Å². The molecular formula is C20H14N4S. The van der Waals surface area contributed by atoms with Crippen LogP contribution in [-0.4, -0.2) is 9.97 Å². The van der Waals surface area contributed by atoms with E-state index in [1.165, 1.54) is 0 Å². The molecule has 2 aromatic carbocycles. The van der Waals surface area contributed by atoms with E-state index < -0.39 is 0 Å². The number of hydrogen-bond donors (Lipinski definition) is 1. The summed E-state index contributed by atoms with van der Waals surface area (Å²) in [5.41, 5.74) is 4.22. The van der Waals surface area contributed by atoms with E-state index in [1.807, 2.05) is 42.5 Å². The molecule has 0 saturated carbocycles. The lowest BCUT2D eigenvalue weighted by atomic mass is 10.1. The van der Waals surface area contributed by atoms with Crippen molar-refractivity contribution >= 4 is 27.9 Å². The van der Waals surface area contributed by atoms with E-state index in [9.17, 15) is 5.26 Å². The number of rotatable bonds is 4. The highest BCUT2D eigenvalue weighted by atomic mass is 32.1. The summed E-state index contributed by atoms with van der Waals surface area (Å²) in [4.78, 5) is 9.03. The van der Waals surface area contributed by atoms with Crippen molar-refractivity contribution in [3.05, 3.63) is 77.4 Å². The summed E-state index contributed by atoms with van der Waals surface area (Å²) < 4.78 is 0. The smallest absolute Gasteiger partial charge is 0.143 e. The van der Waals surface area contributed by atoms with Crippen LogP contribution in [0.5, 0.6) is 0 Å². The summed E-state index contributed by atoms with van der Waals surface area (Å²) >= 11 is 1.63. The lowest BCUT2D eigenvalue weighted by molar-refractivity contribution is 1.08. The second-order valence-corrected chi connectivity index (χ2v) is 6.41. The van der Waals surface area contributed by atoms with E-state index in [4.69, 9.17) is 4.98 Å². The fourth-order valence-corrected chi connectivity index (χ4v) is 3.49. The van der Waals surface area contributed by atoms with Gasteiger partial charge in [0.1, 0.15) is 16.8 Å². The number of benzene rings is 2. The lowest BCUT2D eigenvalue weighted by Gasteiger charge is -2.09. The molecule has 4 nitrogen and oxygen atoms in total. The van der Waals surface area contributed by atoms with Crippen LogP contribution in [0.15, 0.2) is 66.0 Å². The third-order valence-corrected chi connectivity index (χ3v) is 4.80. The van der Waals surface area contributed by atoms with E-state index in [1.54, 1.807) is 17.4 Å². The zero-order valence-electron chi connectivity index (χ0n) is 13.3. The Hall–Kier alpha value is -3.23. The quantitative estimate of drug-likeness (QED) is 0.576. The van der Waals surface area contributed by atoms with Crippen LogP contribution in [0.4, 0.5) is 5.69 Å². The Morgan fingerprint density at radius 1 is 1.00 bits per heavy atom. The van der Waals surface area contributed by atoms with Gasteiger partial charge in [-0.1, -0.05) is 48.5 Å². The first-order chi connectivity index (χ1) is 12.3. The van der Waals surface area contributed by atoms with Gasteiger partial charge in [-0.05, 0) is 12.1 Å². The molecule has 0 bridgehead atoms. The number of nitrogens with zero attached hydrogens (tertiary/aromatic N) is 3. The Bertz CT molecular complexity index is 1060. The van der Waals surface area contributed by atoms with Gasteiger partial charge in [0.05, 0.1) is 17.8 Å². The maximum atomic E-state index is 9.19. The van der Waals surface area contributed by atoms with Crippen molar-refractivity contribution in [2.45, 2.75) is 6.54 Å². The van der Waals surface area contributed by atoms with Gasteiger partial charge in [-0.15, -0.1) is 11.3 Å². The van der Waals surface area contributed by atoms with Crippen molar-refractivity contribution in [3.8, 4) is 16.6 Å². The van der Waals surface area contributed by atoms with E-state index in [0.29, 0.717) is 12.2 Å². The molecule has 0 spiro atoms. The molecule has 2 aromatic heterocycles. The minimum Gasteiger partial charge on any atom is -0.379 e. The third-order valence-electron chi connectivity index (χ3n) is 3.86. The molecule has 0 saturated heterocycles.